The lowest BCUT2D eigenvalue weighted by Crippen LogP contribution is -2.32. The van der Waals surface area contributed by atoms with E-state index >= 15 is 0 Å². The Balaban J connectivity index is 1.83. The molecule has 5 nitrogen and oxygen atoms in total. The van der Waals surface area contributed by atoms with Gasteiger partial charge in [0, 0.05) is 22.2 Å². The average molecular weight is 484 g/mol. The van der Waals surface area contributed by atoms with Crippen LogP contribution in [0.5, 0.6) is 0 Å². The molecule has 1 N–H and O–H groups in total. The van der Waals surface area contributed by atoms with E-state index in [9.17, 15) is 13.2 Å². The number of anilines is 1. The second-order valence-corrected chi connectivity index (χ2v) is 9.38. The fraction of sp³-hybridized carbons (Fsp3) is 0.316. The topological polar surface area (TPSA) is 66.5 Å². The van der Waals surface area contributed by atoms with Crippen LogP contribution in [0.25, 0.3) is 0 Å². The van der Waals surface area contributed by atoms with E-state index in [2.05, 4.69) is 27.9 Å². The molecule has 1 amide bonds. The fourth-order valence-corrected chi connectivity index (χ4v) is 5.07. The molecule has 2 aromatic rings. The van der Waals surface area contributed by atoms with Gasteiger partial charge in [-0.25, -0.2) is 8.42 Å². The number of nitrogens with one attached hydrogen (secondary N) is 1. The van der Waals surface area contributed by atoms with Crippen molar-refractivity contribution in [3.8, 4) is 0 Å². The van der Waals surface area contributed by atoms with Crippen LogP contribution in [-0.2, 0) is 10.0 Å². The number of hydrogen-bond donors (Lipinski definition) is 1. The molecule has 1 fully saturated rings. The summed E-state index contributed by atoms with van der Waals surface area (Å²) in [7, 11) is -3.57. The van der Waals surface area contributed by atoms with Crippen LogP contribution < -0.4 is 5.32 Å². The Morgan fingerprint density at radius 1 is 0.962 bits per heavy atom. The Hall–Kier alpha value is -1.45. The number of rotatable bonds is 4. The zero-order valence-electron chi connectivity index (χ0n) is 14.3. The summed E-state index contributed by atoms with van der Waals surface area (Å²) in [4.78, 5) is 12.7. The van der Waals surface area contributed by atoms with Crippen LogP contribution in [0.3, 0.4) is 0 Å². The van der Waals surface area contributed by atoms with E-state index in [1.165, 1.54) is 10.4 Å². The van der Waals surface area contributed by atoms with Crippen molar-refractivity contribution in [2.45, 2.75) is 30.6 Å². The molecule has 0 saturated carbocycles. The van der Waals surface area contributed by atoms with Gasteiger partial charge in [0.1, 0.15) is 0 Å². The van der Waals surface area contributed by atoms with Crippen LogP contribution in [0, 0.1) is 3.57 Å². The van der Waals surface area contributed by atoms with Gasteiger partial charge in [0.15, 0.2) is 0 Å². The highest BCUT2D eigenvalue weighted by molar-refractivity contribution is 14.1. The second kappa shape index (κ2) is 8.49. The predicted octanol–water partition coefficient (Wildman–Crippen LogP) is 4.11. The van der Waals surface area contributed by atoms with E-state index in [0.717, 1.165) is 29.3 Å². The monoisotopic (exact) mass is 484 g/mol. The lowest BCUT2D eigenvalue weighted by atomic mass is 10.2. The van der Waals surface area contributed by atoms with Gasteiger partial charge in [0.05, 0.1) is 10.6 Å². The summed E-state index contributed by atoms with van der Waals surface area (Å²) in [6.45, 7) is 1.09. The minimum atomic E-state index is -3.57. The SMILES string of the molecule is O=C(Nc1ccccc1I)c1cccc(S(=O)(=O)N2CCCCCC2)c1. The minimum Gasteiger partial charge on any atom is -0.321 e. The van der Waals surface area contributed by atoms with Gasteiger partial charge in [-0.1, -0.05) is 31.0 Å². The maximum atomic E-state index is 12.9. The standard InChI is InChI=1S/C19H21IN2O3S/c20-17-10-3-4-11-18(17)21-19(23)15-8-7-9-16(14-15)26(24,25)22-12-5-1-2-6-13-22/h3-4,7-11,14H,1-2,5-6,12-13H2,(H,21,23). The molecule has 0 radical (unpaired) electrons. The molecule has 138 valence electrons. The van der Waals surface area contributed by atoms with Crippen LogP contribution in [0.15, 0.2) is 53.4 Å². The van der Waals surface area contributed by atoms with Crippen LogP contribution in [0.2, 0.25) is 0 Å². The maximum absolute atomic E-state index is 12.9. The van der Waals surface area contributed by atoms with Crippen molar-refractivity contribution in [2.24, 2.45) is 0 Å². The van der Waals surface area contributed by atoms with E-state index in [1.54, 1.807) is 18.2 Å². The predicted molar refractivity (Wildman–Crippen MR) is 111 cm³/mol. The Morgan fingerprint density at radius 2 is 1.65 bits per heavy atom. The molecule has 26 heavy (non-hydrogen) atoms. The first kappa shape index (κ1) is 19.3. The first-order valence-electron chi connectivity index (χ1n) is 8.64. The molecule has 0 aromatic heterocycles. The molecule has 1 saturated heterocycles. The number of sulfonamides is 1. The van der Waals surface area contributed by atoms with Gasteiger partial charge in [0.25, 0.3) is 5.91 Å². The Kier molecular flexibility index (Phi) is 6.31. The van der Waals surface area contributed by atoms with E-state index in [-0.39, 0.29) is 10.8 Å². The van der Waals surface area contributed by atoms with Crippen molar-refractivity contribution >= 4 is 44.2 Å². The quantitative estimate of drug-likeness (QED) is 0.665. The summed E-state index contributed by atoms with van der Waals surface area (Å²) in [6.07, 6.45) is 3.88. The highest BCUT2D eigenvalue weighted by Gasteiger charge is 2.25. The first-order valence-corrected chi connectivity index (χ1v) is 11.2. The zero-order chi connectivity index (χ0) is 18.6. The molecule has 1 aliphatic heterocycles. The average Bonchev–Trinajstić information content (AvgIpc) is 2.94. The van der Waals surface area contributed by atoms with E-state index < -0.39 is 10.0 Å². The first-order chi connectivity index (χ1) is 12.5. The molecule has 0 bridgehead atoms. The summed E-state index contributed by atoms with van der Waals surface area (Å²) in [5.74, 6) is -0.318. The molecule has 0 aliphatic carbocycles. The molecule has 7 heteroatoms. The molecule has 0 atom stereocenters. The molecular formula is C19H21IN2O3S. The van der Waals surface area contributed by atoms with E-state index in [0.29, 0.717) is 24.3 Å². The second-order valence-electron chi connectivity index (χ2n) is 6.28. The van der Waals surface area contributed by atoms with Crippen molar-refractivity contribution in [3.63, 3.8) is 0 Å². The largest absolute Gasteiger partial charge is 0.321 e. The van der Waals surface area contributed by atoms with Crippen molar-refractivity contribution in [1.29, 1.82) is 0 Å². The third-order valence-corrected chi connectivity index (χ3v) is 7.26. The molecule has 0 spiro atoms. The number of para-hydroxylation sites is 1. The van der Waals surface area contributed by atoms with Gasteiger partial charge >= 0.3 is 0 Å². The maximum Gasteiger partial charge on any atom is 0.255 e. The smallest absolute Gasteiger partial charge is 0.255 e. The summed E-state index contributed by atoms with van der Waals surface area (Å²) >= 11 is 2.15. The summed E-state index contributed by atoms with van der Waals surface area (Å²) < 4.78 is 28.3. The minimum absolute atomic E-state index is 0.176. The van der Waals surface area contributed by atoms with Crippen LogP contribution >= 0.6 is 22.6 Å². The van der Waals surface area contributed by atoms with Crippen LogP contribution in [0.1, 0.15) is 36.0 Å². The molecular weight excluding hydrogens is 463 g/mol. The molecule has 0 unspecified atom stereocenters. The van der Waals surface area contributed by atoms with Crippen molar-refractivity contribution in [3.05, 3.63) is 57.7 Å². The number of hydrogen-bond acceptors (Lipinski definition) is 3. The van der Waals surface area contributed by atoms with Crippen molar-refractivity contribution < 1.29 is 13.2 Å². The fourth-order valence-electron chi connectivity index (χ4n) is 2.99. The normalized spacial score (nSPS) is 16.0. The lowest BCUT2D eigenvalue weighted by Gasteiger charge is -2.20. The summed E-state index contributed by atoms with van der Waals surface area (Å²) in [5, 5.41) is 2.84. The number of nitrogens with zero attached hydrogens (tertiary/aromatic N) is 1. The van der Waals surface area contributed by atoms with Crippen LogP contribution in [0.4, 0.5) is 5.69 Å². The van der Waals surface area contributed by atoms with Crippen LogP contribution in [-0.4, -0.2) is 31.7 Å². The lowest BCUT2D eigenvalue weighted by molar-refractivity contribution is 0.102. The summed E-state index contributed by atoms with van der Waals surface area (Å²) in [6, 6.07) is 13.7. The zero-order valence-corrected chi connectivity index (χ0v) is 17.3. The number of halogens is 1. The number of amides is 1. The molecule has 1 aliphatic rings. The van der Waals surface area contributed by atoms with Gasteiger partial charge in [-0.15, -0.1) is 0 Å². The third kappa shape index (κ3) is 4.44. The van der Waals surface area contributed by atoms with Gasteiger partial charge < -0.3 is 5.32 Å². The molecule has 3 rings (SSSR count). The van der Waals surface area contributed by atoms with Gasteiger partial charge in [-0.3, -0.25) is 4.79 Å². The number of carbonyl (C=O) groups is 1. The highest BCUT2D eigenvalue weighted by atomic mass is 127. The van der Waals surface area contributed by atoms with E-state index in [4.69, 9.17) is 0 Å². The van der Waals surface area contributed by atoms with Gasteiger partial charge in [0.2, 0.25) is 10.0 Å². The Labute approximate surface area is 168 Å². The van der Waals surface area contributed by atoms with Crippen molar-refractivity contribution in [2.75, 3.05) is 18.4 Å². The Bertz CT molecular complexity index is 891. The highest BCUT2D eigenvalue weighted by Crippen LogP contribution is 2.22. The summed E-state index contributed by atoms with van der Waals surface area (Å²) in [5.41, 5.74) is 1.04. The number of benzene rings is 2. The molecule has 1 heterocycles. The van der Waals surface area contributed by atoms with Gasteiger partial charge in [-0.2, -0.15) is 4.31 Å². The third-order valence-electron chi connectivity index (χ3n) is 4.42. The Morgan fingerprint density at radius 3 is 2.35 bits per heavy atom. The van der Waals surface area contributed by atoms with Gasteiger partial charge in [-0.05, 0) is 65.8 Å². The molecule has 2 aromatic carbocycles. The van der Waals surface area contributed by atoms with Crippen molar-refractivity contribution in [1.82, 2.24) is 4.31 Å². The van der Waals surface area contributed by atoms with E-state index in [1.807, 2.05) is 24.3 Å². The number of carbonyl (C=O) groups excluding carboxylic acids is 1.